The van der Waals surface area contributed by atoms with Crippen molar-refractivity contribution in [2.24, 2.45) is 5.92 Å². The first-order valence-corrected chi connectivity index (χ1v) is 14.0. The van der Waals surface area contributed by atoms with Crippen LogP contribution in [-0.4, -0.2) is 43.4 Å². The van der Waals surface area contributed by atoms with Gasteiger partial charge in [-0.15, -0.1) is 0 Å². The Morgan fingerprint density at radius 3 is 1.78 bits per heavy atom. The standard InChI is InChI=1S/C28H53NO3/c1-3-4-5-6-10-13-16-19-27(32-28(31)26-21-23-29(2)24-22-26)20-17-14-11-8-7-9-12-15-18-25-30/h25-27H,3-24H2,1-2H3. The van der Waals surface area contributed by atoms with Gasteiger partial charge in [0.25, 0.3) is 0 Å². The first-order valence-electron chi connectivity index (χ1n) is 14.0. The number of likely N-dealkylation sites (tertiary alicyclic amines) is 1. The van der Waals surface area contributed by atoms with Crippen LogP contribution in [0.4, 0.5) is 0 Å². The van der Waals surface area contributed by atoms with Gasteiger partial charge in [-0.25, -0.2) is 0 Å². The molecule has 0 spiro atoms. The van der Waals surface area contributed by atoms with Crippen molar-refractivity contribution in [3.8, 4) is 0 Å². The van der Waals surface area contributed by atoms with Crippen LogP contribution in [0.1, 0.15) is 135 Å². The summed E-state index contributed by atoms with van der Waals surface area (Å²) in [7, 11) is 2.13. The molecule has 4 heteroatoms. The van der Waals surface area contributed by atoms with Gasteiger partial charge in [-0.1, -0.05) is 84.0 Å². The molecule has 0 N–H and O–H groups in total. The highest BCUT2D eigenvalue weighted by atomic mass is 16.5. The maximum atomic E-state index is 12.7. The summed E-state index contributed by atoms with van der Waals surface area (Å²) in [5, 5.41) is 0. The summed E-state index contributed by atoms with van der Waals surface area (Å²) in [6.07, 6.45) is 24.8. The number of carbonyl (C=O) groups excluding carboxylic acids is 2. The van der Waals surface area contributed by atoms with Crippen molar-refractivity contribution >= 4 is 12.3 Å². The van der Waals surface area contributed by atoms with E-state index in [-0.39, 0.29) is 18.0 Å². The highest BCUT2D eigenvalue weighted by molar-refractivity contribution is 5.72. The van der Waals surface area contributed by atoms with E-state index in [2.05, 4.69) is 18.9 Å². The predicted octanol–water partition coefficient (Wildman–Crippen LogP) is 7.48. The van der Waals surface area contributed by atoms with E-state index < -0.39 is 0 Å². The van der Waals surface area contributed by atoms with Crippen LogP contribution in [0.25, 0.3) is 0 Å². The van der Waals surface area contributed by atoms with E-state index in [0.717, 1.165) is 57.9 Å². The largest absolute Gasteiger partial charge is 0.462 e. The Labute approximate surface area is 199 Å². The van der Waals surface area contributed by atoms with Crippen LogP contribution >= 0.6 is 0 Å². The molecule has 1 heterocycles. The topological polar surface area (TPSA) is 46.6 Å². The van der Waals surface area contributed by atoms with Gasteiger partial charge in [-0.2, -0.15) is 0 Å². The third kappa shape index (κ3) is 15.8. The van der Waals surface area contributed by atoms with Gasteiger partial charge in [-0.3, -0.25) is 4.79 Å². The molecule has 1 fully saturated rings. The van der Waals surface area contributed by atoms with E-state index in [0.29, 0.717) is 0 Å². The number of piperidine rings is 1. The number of hydrogen-bond donors (Lipinski definition) is 0. The summed E-state index contributed by atoms with van der Waals surface area (Å²) in [5.74, 6) is 0.184. The Balaban J connectivity index is 2.23. The second-order valence-electron chi connectivity index (χ2n) is 10.1. The molecule has 0 radical (unpaired) electrons. The van der Waals surface area contributed by atoms with Gasteiger partial charge in [0.15, 0.2) is 0 Å². The molecule has 1 rings (SSSR count). The first kappa shape index (κ1) is 29.1. The van der Waals surface area contributed by atoms with Crippen molar-refractivity contribution in [1.82, 2.24) is 4.90 Å². The minimum Gasteiger partial charge on any atom is -0.462 e. The molecule has 0 saturated carbocycles. The smallest absolute Gasteiger partial charge is 0.309 e. The average Bonchev–Trinajstić information content (AvgIpc) is 2.79. The number of ether oxygens (including phenoxy) is 1. The van der Waals surface area contributed by atoms with E-state index >= 15 is 0 Å². The quantitative estimate of drug-likeness (QED) is 0.103. The molecular formula is C28H53NO3. The summed E-state index contributed by atoms with van der Waals surface area (Å²) >= 11 is 0. The maximum absolute atomic E-state index is 12.7. The number of aldehydes is 1. The lowest BCUT2D eigenvalue weighted by Crippen LogP contribution is -2.35. The zero-order chi connectivity index (χ0) is 23.3. The Hall–Kier alpha value is -0.900. The van der Waals surface area contributed by atoms with Crippen molar-refractivity contribution in [2.45, 2.75) is 141 Å². The summed E-state index contributed by atoms with van der Waals surface area (Å²) in [6.45, 7) is 4.29. The third-order valence-electron chi connectivity index (χ3n) is 7.06. The van der Waals surface area contributed by atoms with E-state index in [4.69, 9.17) is 4.74 Å². The monoisotopic (exact) mass is 451 g/mol. The average molecular weight is 452 g/mol. The fourth-order valence-corrected chi connectivity index (χ4v) is 4.76. The molecule has 0 bridgehead atoms. The van der Waals surface area contributed by atoms with Gasteiger partial charge in [0.05, 0.1) is 5.92 Å². The maximum Gasteiger partial charge on any atom is 0.309 e. The number of esters is 1. The van der Waals surface area contributed by atoms with Gasteiger partial charge in [-0.05, 0) is 65.1 Å². The lowest BCUT2D eigenvalue weighted by molar-refractivity contribution is -0.156. The van der Waals surface area contributed by atoms with Gasteiger partial charge in [0, 0.05) is 6.42 Å². The van der Waals surface area contributed by atoms with Crippen molar-refractivity contribution in [3.63, 3.8) is 0 Å². The van der Waals surface area contributed by atoms with Crippen LogP contribution in [0.5, 0.6) is 0 Å². The van der Waals surface area contributed by atoms with E-state index in [1.54, 1.807) is 0 Å². The number of nitrogens with zero attached hydrogens (tertiary/aromatic N) is 1. The molecule has 32 heavy (non-hydrogen) atoms. The second kappa shape index (κ2) is 20.7. The summed E-state index contributed by atoms with van der Waals surface area (Å²) < 4.78 is 6.07. The molecule has 0 aromatic carbocycles. The summed E-state index contributed by atoms with van der Waals surface area (Å²) in [4.78, 5) is 25.4. The van der Waals surface area contributed by atoms with Gasteiger partial charge in [0.2, 0.25) is 0 Å². The number of unbranched alkanes of at least 4 members (excludes halogenated alkanes) is 14. The SMILES string of the molecule is CCCCCCCCCC(CCCCCCCCCCC=O)OC(=O)C1CCN(C)CC1. The van der Waals surface area contributed by atoms with Crippen LogP contribution in [0, 0.1) is 5.92 Å². The van der Waals surface area contributed by atoms with Crippen molar-refractivity contribution < 1.29 is 14.3 Å². The van der Waals surface area contributed by atoms with E-state index in [9.17, 15) is 9.59 Å². The Kier molecular flexibility index (Phi) is 18.8. The van der Waals surface area contributed by atoms with Crippen LogP contribution < -0.4 is 0 Å². The number of rotatable bonds is 21. The normalized spacial score (nSPS) is 16.2. The van der Waals surface area contributed by atoms with Gasteiger partial charge >= 0.3 is 5.97 Å². The highest BCUT2D eigenvalue weighted by Crippen LogP contribution is 2.22. The third-order valence-corrected chi connectivity index (χ3v) is 7.06. The van der Waals surface area contributed by atoms with E-state index in [1.165, 1.54) is 89.9 Å². The summed E-state index contributed by atoms with van der Waals surface area (Å²) in [6, 6.07) is 0. The zero-order valence-corrected chi connectivity index (χ0v) is 21.5. The predicted molar refractivity (Wildman–Crippen MR) is 135 cm³/mol. The van der Waals surface area contributed by atoms with Crippen molar-refractivity contribution in [1.29, 1.82) is 0 Å². The van der Waals surface area contributed by atoms with Crippen molar-refractivity contribution in [2.75, 3.05) is 20.1 Å². The molecule has 0 aliphatic carbocycles. The Morgan fingerprint density at radius 1 is 0.812 bits per heavy atom. The minimum atomic E-state index is 0.0707. The minimum absolute atomic E-state index is 0.0707. The Morgan fingerprint density at radius 2 is 1.28 bits per heavy atom. The van der Waals surface area contributed by atoms with Crippen LogP contribution in [0.15, 0.2) is 0 Å². The van der Waals surface area contributed by atoms with Crippen LogP contribution in [-0.2, 0) is 14.3 Å². The lowest BCUT2D eigenvalue weighted by atomic mass is 9.97. The zero-order valence-electron chi connectivity index (χ0n) is 21.5. The van der Waals surface area contributed by atoms with Crippen molar-refractivity contribution in [3.05, 3.63) is 0 Å². The Bertz CT molecular complexity index is 446. The lowest BCUT2D eigenvalue weighted by Gasteiger charge is -2.29. The second-order valence-corrected chi connectivity index (χ2v) is 10.1. The molecule has 1 unspecified atom stereocenters. The molecule has 1 saturated heterocycles. The highest BCUT2D eigenvalue weighted by Gasteiger charge is 2.26. The molecule has 1 aliphatic rings. The van der Waals surface area contributed by atoms with Gasteiger partial charge < -0.3 is 14.4 Å². The number of hydrogen-bond acceptors (Lipinski definition) is 4. The fourth-order valence-electron chi connectivity index (χ4n) is 4.76. The first-order chi connectivity index (χ1) is 15.7. The molecule has 0 amide bonds. The molecule has 1 atom stereocenters. The molecule has 0 aromatic heterocycles. The molecule has 0 aromatic rings. The van der Waals surface area contributed by atoms with Crippen LogP contribution in [0.3, 0.4) is 0 Å². The van der Waals surface area contributed by atoms with E-state index in [1.807, 2.05) is 0 Å². The molecule has 188 valence electrons. The van der Waals surface area contributed by atoms with Crippen LogP contribution in [0.2, 0.25) is 0 Å². The molecule has 1 aliphatic heterocycles. The summed E-state index contributed by atoms with van der Waals surface area (Å²) in [5.41, 5.74) is 0. The van der Waals surface area contributed by atoms with Gasteiger partial charge in [0.1, 0.15) is 12.4 Å². The fraction of sp³-hybridized carbons (Fsp3) is 0.929. The number of carbonyl (C=O) groups is 2. The molecule has 4 nitrogen and oxygen atoms in total. The molecular weight excluding hydrogens is 398 g/mol.